The number of hydrogen-bond donors (Lipinski definition) is 2. The van der Waals surface area contributed by atoms with E-state index in [1.165, 1.54) is 5.56 Å². The standard InChI is InChI=1S/C20H26ClN5.HI/c1-22-20(24-14-17-7-8-19(21)23-13-17)25-18-9-11-26(12-10-18)15-16-5-3-2-4-6-16;/h2-8,13,18H,9-12,14-15H2,1H3,(H2,22,24,25);1H. The number of halogens is 2. The Hall–Kier alpha value is -1.38. The number of aromatic nitrogens is 1. The van der Waals surface area contributed by atoms with Crippen molar-refractivity contribution in [1.82, 2.24) is 20.5 Å². The Morgan fingerprint density at radius 3 is 2.52 bits per heavy atom. The van der Waals surface area contributed by atoms with E-state index in [4.69, 9.17) is 11.6 Å². The van der Waals surface area contributed by atoms with Gasteiger partial charge in [-0.2, -0.15) is 0 Å². The number of piperidine rings is 1. The number of aliphatic imine (C=N–C) groups is 1. The van der Waals surface area contributed by atoms with Crippen molar-refractivity contribution in [3.63, 3.8) is 0 Å². The molecule has 146 valence electrons. The van der Waals surface area contributed by atoms with Crippen LogP contribution in [0.15, 0.2) is 53.7 Å². The van der Waals surface area contributed by atoms with E-state index in [0.29, 0.717) is 17.7 Å². The third-order valence-corrected chi connectivity index (χ3v) is 4.87. The summed E-state index contributed by atoms with van der Waals surface area (Å²) in [6, 6.07) is 14.9. The first-order valence-electron chi connectivity index (χ1n) is 9.07. The van der Waals surface area contributed by atoms with Gasteiger partial charge in [0, 0.05) is 45.5 Å². The molecule has 1 saturated heterocycles. The number of benzene rings is 1. The average Bonchev–Trinajstić information content (AvgIpc) is 2.68. The number of guanidine groups is 1. The van der Waals surface area contributed by atoms with Crippen LogP contribution in [0.25, 0.3) is 0 Å². The molecule has 1 aliphatic heterocycles. The van der Waals surface area contributed by atoms with E-state index in [0.717, 1.165) is 44.0 Å². The van der Waals surface area contributed by atoms with Gasteiger partial charge in [0.15, 0.2) is 5.96 Å². The summed E-state index contributed by atoms with van der Waals surface area (Å²) in [6.07, 6.45) is 4.02. The fraction of sp³-hybridized carbons (Fsp3) is 0.400. The summed E-state index contributed by atoms with van der Waals surface area (Å²) in [5, 5.41) is 7.40. The number of likely N-dealkylation sites (tertiary alicyclic amines) is 1. The van der Waals surface area contributed by atoms with E-state index in [1.54, 1.807) is 19.3 Å². The number of pyridine rings is 1. The second-order valence-corrected chi connectivity index (χ2v) is 6.98. The maximum atomic E-state index is 5.82. The Balaban J connectivity index is 0.00000261. The van der Waals surface area contributed by atoms with E-state index in [2.05, 4.69) is 55.8 Å². The van der Waals surface area contributed by atoms with Crippen molar-refractivity contribution >= 4 is 41.5 Å². The van der Waals surface area contributed by atoms with Crippen LogP contribution in [0.4, 0.5) is 0 Å². The summed E-state index contributed by atoms with van der Waals surface area (Å²) >= 11 is 5.82. The largest absolute Gasteiger partial charge is 0.354 e. The lowest BCUT2D eigenvalue weighted by atomic mass is 10.0. The molecule has 0 spiro atoms. The Morgan fingerprint density at radius 2 is 1.89 bits per heavy atom. The smallest absolute Gasteiger partial charge is 0.191 e. The van der Waals surface area contributed by atoms with Crippen LogP contribution < -0.4 is 10.6 Å². The van der Waals surface area contributed by atoms with Crippen LogP contribution in [0.3, 0.4) is 0 Å². The summed E-state index contributed by atoms with van der Waals surface area (Å²) in [6.45, 7) is 3.91. The van der Waals surface area contributed by atoms with E-state index in [-0.39, 0.29) is 24.0 Å². The van der Waals surface area contributed by atoms with Crippen LogP contribution in [0.1, 0.15) is 24.0 Å². The molecule has 3 rings (SSSR count). The molecule has 0 aliphatic carbocycles. The van der Waals surface area contributed by atoms with Gasteiger partial charge in [-0.05, 0) is 30.0 Å². The van der Waals surface area contributed by atoms with Crippen molar-refractivity contribution in [2.45, 2.75) is 32.0 Å². The second kappa shape index (κ2) is 11.5. The zero-order chi connectivity index (χ0) is 18.2. The lowest BCUT2D eigenvalue weighted by Crippen LogP contribution is -2.48. The SMILES string of the molecule is CN=C(NCc1ccc(Cl)nc1)NC1CCN(Cc2ccccc2)CC1.I. The average molecular weight is 500 g/mol. The molecule has 1 aliphatic rings. The molecule has 0 atom stereocenters. The zero-order valence-corrected chi connectivity index (χ0v) is 18.7. The summed E-state index contributed by atoms with van der Waals surface area (Å²) < 4.78 is 0. The van der Waals surface area contributed by atoms with E-state index in [9.17, 15) is 0 Å². The Bertz CT molecular complexity index is 700. The van der Waals surface area contributed by atoms with Gasteiger partial charge in [-0.3, -0.25) is 9.89 Å². The minimum atomic E-state index is 0. The molecule has 5 nitrogen and oxygen atoms in total. The predicted molar refractivity (Wildman–Crippen MR) is 123 cm³/mol. The van der Waals surface area contributed by atoms with Gasteiger partial charge in [-0.15, -0.1) is 24.0 Å². The van der Waals surface area contributed by atoms with Crippen LogP contribution in [0.2, 0.25) is 5.15 Å². The van der Waals surface area contributed by atoms with Gasteiger partial charge in [-0.1, -0.05) is 48.0 Å². The molecular weight excluding hydrogens is 473 g/mol. The highest BCUT2D eigenvalue weighted by molar-refractivity contribution is 14.0. The van der Waals surface area contributed by atoms with Crippen molar-refractivity contribution in [1.29, 1.82) is 0 Å². The molecule has 0 amide bonds. The van der Waals surface area contributed by atoms with E-state index >= 15 is 0 Å². The second-order valence-electron chi connectivity index (χ2n) is 6.60. The summed E-state index contributed by atoms with van der Waals surface area (Å²) in [5.41, 5.74) is 2.46. The van der Waals surface area contributed by atoms with Crippen molar-refractivity contribution in [3.8, 4) is 0 Å². The van der Waals surface area contributed by atoms with Crippen LogP contribution in [0, 0.1) is 0 Å². The normalized spacial score (nSPS) is 15.9. The third kappa shape index (κ3) is 7.27. The van der Waals surface area contributed by atoms with Crippen molar-refractivity contribution in [2.24, 2.45) is 4.99 Å². The summed E-state index contributed by atoms with van der Waals surface area (Å²) in [4.78, 5) is 11.0. The molecule has 2 N–H and O–H groups in total. The maximum absolute atomic E-state index is 5.82. The first-order valence-corrected chi connectivity index (χ1v) is 9.44. The molecule has 2 aromatic rings. The quantitative estimate of drug-likeness (QED) is 0.285. The molecule has 27 heavy (non-hydrogen) atoms. The Labute approximate surface area is 183 Å². The van der Waals surface area contributed by atoms with Crippen LogP contribution >= 0.6 is 35.6 Å². The van der Waals surface area contributed by atoms with Crippen LogP contribution in [-0.2, 0) is 13.1 Å². The minimum Gasteiger partial charge on any atom is -0.354 e. The van der Waals surface area contributed by atoms with Gasteiger partial charge >= 0.3 is 0 Å². The molecule has 1 aromatic carbocycles. The van der Waals surface area contributed by atoms with Crippen molar-refractivity contribution < 1.29 is 0 Å². The molecule has 0 saturated carbocycles. The monoisotopic (exact) mass is 499 g/mol. The third-order valence-electron chi connectivity index (χ3n) is 4.65. The lowest BCUT2D eigenvalue weighted by molar-refractivity contribution is 0.198. The van der Waals surface area contributed by atoms with Gasteiger partial charge in [0.25, 0.3) is 0 Å². The Kier molecular flexibility index (Phi) is 9.30. The Morgan fingerprint density at radius 1 is 1.15 bits per heavy atom. The zero-order valence-electron chi connectivity index (χ0n) is 15.6. The molecular formula is C20H27ClIN5. The molecule has 1 fully saturated rings. The fourth-order valence-corrected chi connectivity index (χ4v) is 3.27. The predicted octanol–water partition coefficient (Wildman–Crippen LogP) is 3.68. The van der Waals surface area contributed by atoms with Gasteiger partial charge in [0.2, 0.25) is 0 Å². The summed E-state index contributed by atoms with van der Waals surface area (Å²) in [5.74, 6) is 0.835. The molecule has 1 aromatic heterocycles. The van der Waals surface area contributed by atoms with Crippen molar-refractivity contribution in [2.75, 3.05) is 20.1 Å². The number of rotatable bonds is 5. The highest BCUT2D eigenvalue weighted by atomic mass is 127. The van der Waals surface area contributed by atoms with Crippen molar-refractivity contribution in [3.05, 3.63) is 64.9 Å². The molecule has 2 heterocycles. The van der Waals surface area contributed by atoms with Crippen LogP contribution in [0.5, 0.6) is 0 Å². The fourth-order valence-electron chi connectivity index (χ4n) is 3.16. The maximum Gasteiger partial charge on any atom is 0.191 e. The van der Waals surface area contributed by atoms with E-state index in [1.807, 2.05) is 6.07 Å². The molecule has 0 unspecified atom stereocenters. The molecule has 0 radical (unpaired) electrons. The first kappa shape index (κ1) is 21.9. The highest BCUT2D eigenvalue weighted by Gasteiger charge is 2.19. The lowest BCUT2D eigenvalue weighted by Gasteiger charge is -2.33. The summed E-state index contributed by atoms with van der Waals surface area (Å²) in [7, 11) is 1.81. The van der Waals surface area contributed by atoms with Gasteiger partial charge in [0.05, 0.1) is 0 Å². The first-order chi connectivity index (χ1) is 12.7. The molecule has 7 heteroatoms. The van der Waals surface area contributed by atoms with E-state index < -0.39 is 0 Å². The van der Waals surface area contributed by atoms with Crippen LogP contribution in [-0.4, -0.2) is 42.0 Å². The van der Waals surface area contributed by atoms with Gasteiger partial charge in [-0.25, -0.2) is 4.98 Å². The number of nitrogens with one attached hydrogen (secondary N) is 2. The molecule has 0 bridgehead atoms. The van der Waals surface area contributed by atoms with Gasteiger partial charge in [0.1, 0.15) is 5.15 Å². The minimum absolute atomic E-state index is 0. The highest BCUT2D eigenvalue weighted by Crippen LogP contribution is 2.14. The number of hydrogen-bond acceptors (Lipinski definition) is 3. The topological polar surface area (TPSA) is 52.6 Å². The van der Waals surface area contributed by atoms with Gasteiger partial charge < -0.3 is 10.6 Å². The number of nitrogens with zero attached hydrogens (tertiary/aromatic N) is 3.